The van der Waals surface area contributed by atoms with Gasteiger partial charge in [0.05, 0.1) is 0 Å². The Labute approximate surface area is 101 Å². The average molecular weight is 249 g/mol. The van der Waals surface area contributed by atoms with Gasteiger partial charge in [-0.3, -0.25) is 0 Å². The van der Waals surface area contributed by atoms with Crippen LogP contribution in [-0.4, -0.2) is 16.1 Å². The summed E-state index contributed by atoms with van der Waals surface area (Å²) in [4.78, 5) is 14.5. The van der Waals surface area contributed by atoms with Crippen molar-refractivity contribution in [3.05, 3.63) is 47.2 Å². The van der Waals surface area contributed by atoms with Crippen molar-refractivity contribution in [2.75, 3.05) is 0 Å². The van der Waals surface area contributed by atoms with Crippen molar-refractivity contribution in [1.82, 2.24) is 4.98 Å². The summed E-state index contributed by atoms with van der Waals surface area (Å²) in [6.07, 6.45) is 2.20. The molecule has 0 unspecified atom stereocenters. The van der Waals surface area contributed by atoms with Crippen molar-refractivity contribution < 1.29 is 18.7 Å². The van der Waals surface area contributed by atoms with Gasteiger partial charge in [0.15, 0.2) is 5.82 Å². The van der Waals surface area contributed by atoms with Crippen molar-refractivity contribution in [2.45, 2.75) is 6.92 Å². The van der Waals surface area contributed by atoms with Crippen molar-refractivity contribution in [2.24, 2.45) is 0 Å². The lowest BCUT2D eigenvalue weighted by Crippen LogP contribution is -1.93. The molecule has 92 valence electrons. The maximum Gasteiger partial charge on any atom is 0.328 e. The summed E-state index contributed by atoms with van der Waals surface area (Å²) in [5, 5.41) is 8.82. The van der Waals surface area contributed by atoms with E-state index < -0.39 is 17.6 Å². The first-order valence-electron chi connectivity index (χ1n) is 5.15. The number of aromatic nitrogens is 1. The number of nitrogens with zero attached hydrogens (tertiary/aromatic N) is 1. The van der Waals surface area contributed by atoms with Crippen LogP contribution in [0.3, 0.4) is 0 Å². The van der Waals surface area contributed by atoms with Gasteiger partial charge in [0.25, 0.3) is 0 Å². The van der Waals surface area contributed by atoms with E-state index >= 15 is 0 Å². The van der Waals surface area contributed by atoms with Crippen molar-refractivity contribution in [3.8, 4) is 0 Å². The molecular weight excluding hydrogens is 240 g/mol. The fourth-order valence-corrected chi connectivity index (χ4v) is 1.71. The van der Waals surface area contributed by atoms with Crippen LogP contribution in [0, 0.1) is 18.6 Å². The lowest BCUT2D eigenvalue weighted by Gasteiger charge is -2.05. The molecule has 0 atom stereocenters. The molecule has 0 spiro atoms. The topological polar surface area (TPSA) is 50.2 Å². The van der Waals surface area contributed by atoms with Gasteiger partial charge < -0.3 is 5.11 Å². The third-order valence-corrected chi connectivity index (χ3v) is 2.40. The molecule has 2 rings (SSSR count). The summed E-state index contributed by atoms with van der Waals surface area (Å²) >= 11 is 0. The lowest BCUT2D eigenvalue weighted by atomic mass is 10.1. The van der Waals surface area contributed by atoms with E-state index in [1.54, 1.807) is 13.0 Å². The molecule has 0 bridgehead atoms. The van der Waals surface area contributed by atoms with E-state index in [1.807, 2.05) is 0 Å². The molecule has 1 N–H and O–H groups in total. The molecule has 0 fully saturated rings. The first kappa shape index (κ1) is 12.2. The number of carbonyl (C=O) groups is 1. The highest BCUT2D eigenvalue weighted by molar-refractivity contribution is 5.93. The molecule has 0 radical (unpaired) electrons. The quantitative estimate of drug-likeness (QED) is 0.832. The summed E-state index contributed by atoms with van der Waals surface area (Å²) in [6, 6.07) is 3.45. The standard InChI is InChI=1S/C13H9F2NO2/c1-7-4-8(2-3-12(17)18)10-5-9(14)6-11(15)13(10)16-7/h2-6H,1H3,(H,17,18)/b3-2+. The van der Waals surface area contributed by atoms with Gasteiger partial charge >= 0.3 is 5.97 Å². The highest BCUT2D eigenvalue weighted by Gasteiger charge is 2.09. The number of aryl methyl sites for hydroxylation is 1. The first-order valence-corrected chi connectivity index (χ1v) is 5.15. The van der Waals surface area contributed by atoms with Crippen LogP contribution < -0.4 is 0 Å². The maximum atomic E-state index is 13.6. The summed E-state index contributed by atoms with van der Waals surface area (Å²) in [6.45, 7) is 1.65. The van der Waals surface area contributed by atoms with Crippen LogP contribution in [0.5, 0.6) is 0 Å². The molecule has 0 amide bonds. The first-order chi connectivity index (χ1) is 8.47. The number of aliphatic carboxylic acids is 1. The molecule has 5 heteroatoms. The predicted octanol–water partition coefficient (Wildman–Crippen LogP) is 2.92. The molecule has 1 aromatic carbocycles. The molecular formula is C13H9F2NO2. The minimum atomic E-state index is -1.13. The van der Waals surface area contributed by atoms with Crippen LogP contribution in [-0.2, 0) is 4.79 Å². The van der Waals surface area contributed by atoms with E-state index in [0.717, 1.165) is 18.2 Å². The summed E-state index contributed by atoms with van der Waals surface area (Å²) in [5.41, 5.74) is 0.970. The van der Waals surface area contributed by atoms with E-state index in [1.165, 1.54) is 6.08 Å². The van der Waals surface area contributed by atoms with Gasteiger partial charge in [-0.2, -0.15) is 0 Å². The Morgan fingerprint density at radius 3 is 2.72 bits per heavy atom. The number of benzene rings is 1. The molecule has 18 heavy (non-hydrogen) atoms. The third-order valence-electron chi connectivity index (χ3n) is 2.40. The molecule has 0 saturated heterocycles. The van der Waals surface area contributed by atoms with Crippen LogP contribution in [0.4, 0.5) is 8.78 Å². The average Bonchev–Trinajstić information content (AvgIpc) is 2.27. The van der Waals surface area contributed by atoms with Gasteiger partial charge in [0.2, 0.25) is 0 Å². The Balaban J connectivity index is 2.75. The zero-order valence-corrected chi connectivity index (χ0v) is 9.45. The molecule has 2 aromatic rings. The Morgan fingerprint density at radius 1 is 1.33 bits per heavy atom. The number of hydrogen-bond donors (Lipinski definition) is 1. The molecule has 1 aromatic heterocycles. The Bertz CT molecular complexity index is 666. The SMILES string of the molecule is Cc1cc(/C=C/C(=O)O)c2cc(F)cc(F)c2n1. The fraction of sp³-hybridized carbons (Fsp3) is 0.0769. The monoisotopic (exact) mass is 249 g/mol. The summed E-state index contributed by atoms with van der Waals surface area (Å²) in [7, 11) is 0. The molecule has 0 aliphatic heterocycles. The number of halogens is 2. The zero-order chi connectivity index (χ0) is 13.3. The predicted molar refractivity (Wildman–Crippen MR) is 63.1 cm³/mol. The number of carboxylic acid groups (broad SMARTS) is 1. The number of hydrogen-bond acceptors (Lipinski definition) is 2. The van der Waals surface area contributed by atoms with Crippen LogP contribution in [0.1, 0.15) is 11.3 Å². The number of fused-ring (bicyclic) bond motifs is 1. The van der Waals surface area contributed by atoms with Crippen LogP contribution in [0.15, 0.2) is 24.3 Å². The second-order valence-corrected chi connectivity index (χ2v) is 3.81. The van der Waals surface area contributed by atoms with E-state index in [9.17, 15) is 13.6 Å². The second kappa shape index (κ2) is 4.52. The molecule has 3 nitrogen and oxygen atoms in total. The van der Waals surface area contributed by atoms with Crippen LogP contribution in [0.2, 0.25) is 0 Å². The van der Waals surface area contributed by atoms with Gasteiger partial charge in [-0.25, -0.2) is 18.6 Å². The lowest BCUT2D eigenvalue weighted by molar-refractivity contribution is -0.131. The summed E-state index contributed by atoms with van der Waals surface area (Å²) in [5.74, 6) is -2.62. The van der Waals surface area contributed by atoms with E-state index in [-0.39, 0.29) is 10.9 Å². The van der Waals surface area contributed by atoms with Crippen LogP contribution in [0.25, 0.3) is 17.0 Å². The van der Waals surface area contributed by atoms with Crippen molar-refractivity contribution in [3.63, 3.8) is 0 Å². The minimum absolute atomic E-state index is 0.0291. The van der Waals surface area contributed by atoms with Crippen molar-refractivity contribution in [1.29, 1.82) is 0 Å². The Kier molecular flexibility index (Phi) is 3.06. The Hall–Kier alpha value is -2.30. The zero-order valence-electron chi connectivity index (χ0n) is 9.45. The highest BCUT2D eigenvalue weighted by atomic mass is 19.1. The van der Waals surface area contributed by atoms with E-state index in [2.05, 4.69) is 4.98 Å². The number of carboxylic acids is 1. The molecule has 0 saturated carbocycles. The number of rotatable bonds is 2. The van der Waals surface area contributed by atoms with Gasteiger partial charge in [0.1, 0.15) is 11.3 Å². The minimum Gasteiger partial charge on any atom is -0.478 e. The molecule has 1 heterocycles. The van der Waals surface area contributed by atoms with Gasteiger partial charge in [-0.05, 0) is 30.7 Å². The van der Waals surface area contributed by atoms with E-state index in [4.69, 9.17) is 5.11 Å². The third kappa shape index (κ3) is 2.34. The smallest absolute Gasteiger partial charge is 0.328 e. The van der Waals surface area contributed by atoms with Gasteiger partial charge in [-0.1, -0.05) is 0 Å². The number of pyridine rings is 1. The highest BCUT2D eigenvalue weighted by Crippen LogP contribution is 2.23. The fourth-order valence-electron chi connectivity index (χ4n) is 1.71. The maximum absolute atomic E-state index is 13.6. The van der Waals surface area contributed by atoms with Crippen LogP contribution >= 0.6 is 0 Å². The van der Waals surface area contributed by atoms with Gasteiger partial charge in [0, 0.05) is 23.2 Å². The van der Waals surface area contributed by atoms with E-state index in [0.29, 0.717) is 11.3 Å². The second-order valence-electron chi connectivity index (χ2n) is 3.81. The normalized spacial score (nSPS) is 11.3. The van der Waals surface area contributed by atoms with Crippen molar-refractivity contribution >= 4 is 22.9 Å². The Morgan fingerprint density at radius 2 is 2.06 bits per heavy atom. The van der Waals surface area contributed by atoms with Gasteiger partial charge in [-0.15, -0.1) is 0 Å². The summed E-state index contributed by atoms with van der Waals surface area (Å²) < 4.78 is 26.7. The largest absolute Gasteiger partial charge is 0.478 e. The molecule has 0 aliphatic rings. The molecule has 0 aliphatic carbocycles.